The Hall–Kier alpha value is -2.57. The highest BCUT2D eigenvalue weighted by atomic mass is 16.5. The second kappa shape index (κ2) is 10.3. The Balaban J connectivity index is 1.34. The Morgan fingerprint density at radius 1 is 0.931 bits per heavy atom. The van der Waals surface area contributed by atoms with Crippen LogP contribution >= 0.6 is 0 Å². The van der Waals surface area contributed by atoms with Gasteiger partial charge in [0.05, 0.1) is 7.11 Å². The van der Waals surface area contributed by atoms with Crippen molar-refractivity contribution in [2.24, 2.45) is 0 Å². The van der Waals surface area contributed by atoms with Crippen molar-refractivity contribution in [3.05, 3.63) is 53.6 Å². The molecule has 1 aliphatic heterocycles. The highest BCUT2D eigenvalue weighted by Gasteiger charge is 2.24. The quantitative estimate of drug-likeness (QED) is 0.591. The van der Waals surface area contributed by atoms with Crippen LogP contribution in [-0.2, 0) is 4.79 Å². The van der Waals surface area contributed by atoms with Crippen molar-refractivity contribution in [2.45, 2.75) is 13.8 Å². The molecule has 0 saturated carbocycles. The number of benzene rings is 2. The van der Waals surface area contributed by atoms with Gasteiger partial charge in [0.2, 0.25) is 0 Å². The molecule has 29 heavy (non-hydrogen) atoms. The molecule has 3 rings (SSSR count). The molecule has 1 heterocycles. The molecule has 0 atom stereocenters. The van der Waals surface area contributed by atoms with E-state index in [1.54, 1.807) is 7.11 Å². The fourth-order valence-corrected chi connectivity index (χ4v) is 3.85. The van der Waals surface area contributed by atoms with Gasteiger partial charge in [-0.3, -0.25) is 4.79 Å². The Bertz CT molecular complexity index is 779. The van der Waals surface area contributed by atoms with Crippen LogP contribution in [0.15, 0.2) is 42.5 Å². The smallest absolute Gasteiger partial charge is 0.279 e. The monoisotopic (exact) mass is 399 g/mol. The van der Waals surface area contributed by atoms with Gasteiger partial charge in [-0.05, 0) is 61.4 Å². The van der Waals surface area contributed by atoms with Crippen LogP contribution in [0.2, 0.25) is 0 Å². The van der Waals surface area contributed by atoms with E-state index in [0.717, 1.165) is 49.9 Å². The zero-order valence-corrected chi connectivity index (χ0v) is 17.7. The average Bonchev–Trinajstić information content (AvgIpc) is 2.69. The third kappa shape index (κ3) is 6.76. The van der Waals surface area contributed by atoms with Crippen LogP contribution in [-0.4, -0.2) is 58.9 Å². The summed E-state index contributed by atoms with van der Waals surface area (Å²) in [5, 5.41) is 3.05. The Morgan fingerprint density at radius 3 is 2.14 bits per heavy atom. The fourth-order valence-electron chi connectivity index (χ4n) is 3.85. The van der Waals surface area contributed by atoms with E-state index >= 15 is 0 Å². The largest absolute Gasteiger partial charge is 0.497 e. The number of amides is 1. The first-order valence-electron chi connectivity index (χ1n) is 10.3. The van der Waals surface area contributed by atoms with Crippen LogP contribution in [0.5, 0.6) is 11.5 Å². The molecule has 0 aromatic heterocycles. The highest BCUT2D eigenvalue weighted by Crippen LogP contribution is 2.16. The lowest BCUT2D eigenvalue weighted by Gasteiger charge is -2.29. The Labute approximate surface area is 173 Å². The van der Waals surface area contributed by atoms with E-state index in [4.69, 9.17) is 9.47 Å². The molecular weight excluding hydrogens is 366 g/mol. The summed E-state index contributed by atoms with van der Waals surface area (Å²) in [5.74, 6) is 1.80. The zero-order valence-electron chi connectivity index (χ0n) is 17.7. The standard InChI is InChI=1S/C23H31N3O3/c1-18-14-19(2)16-20(15-18)24-23(27)17-26-10-8-25(9-11-26)12-13-29-22-6-4-21(28-3)5-7-22/h4-7,14-16H,8-13,17H2,1-3H3,(H,24,27)/p+2. The van der Waals surface area contributed by atoms with Gasteiger partial charge in [-0.15, -0.1) is 0 Å². The van der Waals surface area contributed by atoms with Crippen molar-refractivity contribution >= 4 is 11.6 Å². The van der Waals surface area contributed by atoms with Gasteiger partial charge in [-0.2, -0.15) is 0 Å². The number of rotatable bonds is 8. The van der Waals surface area contributed by atoms with Crippen molar-refractivity contribution < 1.29 is 24.1 Å². The molecule has 2 aromatic carbocycles. The molecule has 156 valence electrons. The van der Waals surface area contributed by atoms with Gasteiger partial charge in [-0.25, -0.2) is 0 Å². The third-order valence-electron chi connectivity index (χ3n) is 5.36. The predicted molar refractivity (Wildman–Crippen MR) is 114 cm³/mol. The molecule has 0 spiro atoms. The van der Waals surface area contributed by atoms with Crippen LogP contribution in [0.3, 0.4) is 0 Å². The van der Waals surface area contributed by atoms with Crippen LogP contribution in [0.4, 0.5) is 5.69 Å². The maximum Gasteiger partial charge on any atom is 0.279 e. The lowest BCUT2D eigenvalue weighted by Crippen LogP contribution is -3.28. The number of carbonyl (C=O) groups excluding carboxylic acids is 1. The average molecular weight is 400 g/mol. The molecule has 6 nitrogen and oxygen atoms in total. The molecule has 3 N–H and O–H groups in total. The normalized spacial score (nSPS) is 18.9. The molecule has 0 unspecified atom stereocenters. The van der Waals surface area contributed by atoms with Crippen molar-refractivity contribution in [3.63, 3.8) is 0 Å². The van der Waals surface area contributed by atoms with E-state index < -0.39 is 0 Å². The molecular formula is C23H33N3O3+2. The molecule has 0 aliphatic carbocycles. The fraction of sp³-hybridized carbons (Fsp3) is 0.435. The minimum absolute atomic E-state index is 0.0938. The van der Waals surface area contributed by atoms with Gasteiger partial charge in [0.1, 0.15) is 50.8 Å². The highest BCUT2D eigenvalue weighted by molar-refractivity contribution is 5.91. The van der Waals surface area contributed by atoms with Crippen molar-refractivity contribution in [2.75, 3.05) is 58.3 Å². The van der Waals surface area contributed by atoms with Crippen LogP contribution < -0.4 is 24.6 Å². The number of nitrogens with one attached hydrogen (secondary N) is 3. The van der Waals surface area contributed by atoms with Crippen LogP contribution in [0.25, 0.3) is 0 Å². The number of carbonyl (C=O) groups is 1. The van der Waals surface area contributed by atoms with Gasteiger partial charge in [0.15, 0.2) is 6.54 Å². The Morgan fingerprint density at radius 2 is 1.52 bits per heavy atom. The second-order valence-electron chi connectivity index (χ2n) is 7.88. The molecule has 0 bridgehead atoms. The number of hydrogen-bond acceptors (Lipinski definition) is 3. The van der Waals surface area contributed by atoms with E-state index in [9.17, 15) is 4.79 Å². The maximum absolute atomic E-state index is 12.4. The zero-order chi connectivity index (χ0) is 20.6. The molecule has 1 aliphatic rings. The van der Waals surface area contributed by atoms with Gasteiger partial charge in [0, 0.05) is 5.69 Å². The summed E-state index contributed by atoms with van der Waals surface area (Å²) < 4.78 is 11.0. The van der Waals surface area contributed by atoms with Gasteiger partial charge < -0.3 is 24.6 Å². The minimum Gasteiger partial charge on any atom is -0.497 e. The lowest BCUT2D eigenvalue weighted by atomic mass is 10.1. The summed E-state index contributed by atoms with van der Waals surface area (Å²) in [6, 6.07) is 13.8. The summed E-state index contributed by atoms with van der Waals surface area (Å²) in [7, 11) is 1.66. The second-order valence-corrected chi connectivity index (χ2v) is 7.88. The first-order chi connectivity index (χ1) is 14.0. The van der Waals surface area contributed by atoms with Crippen molar-refractivity contribution in [3.8, 4) is 11.5 Å². The van der Waals surface area contributed by atoms with E-state index in [1.165, 1.54) is 20.9 Å². The lowest BCUT2D eigenvalue weighted by molar-refractivity contribution is -1.01. The summed E-state index contributed by atoms with van der Waals surface area (Å²) in [6.45, 7) is 10.5. The minimum atomic E-state index is 0.0938. The number of aryl methyl sites for hydroxylation is 2. The molecule has 6 heteroatoms. The summed E-state index contributed by atoms with van der Waals surface area (Å²) in [5.41, 5.74) is 3.23. The number of piperazine rings is 1. The van der Waals surface area contributed by atoms with E-state index in [1.807, 2.05) is 50.2 Å². The first-order valence-corrected chi connectivity index (χ1v) is 10.3. The van der Waals surface area contributed by atoms with Crippen LogP contribution in [0, 0.1) is 13.8 Å². The van der Waals surface area contributed by atoms with Gasteiger partial charge in [0.25, 0.3) is 5.91 Å². The summed E-state index contributed by atoms with van der Waals surface area (Å²) >= 11 is 0. The van der Waals surface area contributed by atoms with Gasteiger partial charge in [-0.1, -0.05) is 6.07 Å². The van der Waals surface area contributed by atoms with Crippen LogP contribution in [0.1, 0.15) is 11.1 Å². The topological polar surface area (TPSA) is 56.4 Å². The van der Waals surface area contributed by atoms with Crippen molar-refractivity contribution in [1.29, 1.82) is 0 Å². The Kier molecular flexibility index (Phi) is 7.49. The molecule has 2 aromatic rings. The predicted octanol–water partition coefficient (Wildman–Crippen LogP) is 0.113. The molecule has 0 radical (unpaired) electrons. The van der Waals surface area contributed by atoms with E-state index in [2.05, 4.69) is 11.4 Å². The third-order valence-corrected chi connectivity index (χ3v) is 5.36. The number of anilines is 1. The van der Waals surface area contributed by atoms with E-state index in [0.29, 0.717) is 13.2 Å². The number of methoxy groups -OCH3 is 1. The summed E-state index contributed by atoms with van der Waals surface area (Å²) in [6.07, 6.45) is 0. The van der Waals surface area contributed by atoms with E-state index in [-0.39, 0.29) is 5.91 Å². The molecule has 1 amide bonds. The summed E-state index contributed by atoms with van der Waals surface area (Å²) in [4.78, 5) is 15.3. The van der Waals surface area contributed by atoms with Crippen molar-refractivity contribution in [1.82, 2.24) is 0 Å². The number of ether oxygens (including phenoxy) is 2. The SMILES string of the molecule is COc1ccc(OCC[NH+]2CC[NH+](CC(=O)Nc3cc(C)cc(C)c3)CC2)cc1. The molecule has 1 fully saturated rings. The van der Waals surface area contributed by atoms with Gasteiger partial charge >= 0.3 is 0 Å². The first kappa shape index (κ1) is 21.1. The number of hydrogen-bond donors (Lipinski definition) is 3. The molecule has 1 saturated heterocycles. The number of quaternary nitrogens is 2. The maximum atomic E-state index is 12.4.